The molecule has 0 aliphatic carbocycles. The van der Waals surface area contributed by atoms with E-state index in [1.165, 1.54) is 28.6 Å². The van der Waals surface area contributed by atoms with Gasteiger partial charge in [-0.2, -0.15) is 4.31 Å². The number of morpholine rings is 1. The second-order valence-electron chi connectivity index (χ2n) is 11.6. The van der Waals surface area contributed by atoms with Crippen molar-refractivity contribution in [2.24, 2.45) is 0 Å². The summed E-state index contributed by atoms with van der Waals surface area (Å²) < 4.78 is 52.5. The highest BCUT2D eigenvalue weighted by molar-refractivity contribution is 7.89. The first-order valence-corrected chi connectivity index (χ1v) is 17.0. The molecule has 0 unspecified atom stereocenters. The molecule has 13 heteroatoms. The lowest BCUT2D eigenvalue weighted by atomic mass is 10.0. The summed E-state index contributed by atoms with van der Waals surface area (Å²) in [7, 11) is -3.58. The molecule has 6 rings (SSSR count). The standard InChI is InChI=1S/C34H37FN6O5S/c1-25-5-7-28(23-36-25)38-34(42)41(30-4-2-3-27(35)21-30)29-13-15-39(16-14-29)24-26-6-12-33(37-22-26)46-31-8-10-32(11-9-31)47(43,44)40-17-19-45-20-18-40/h2-12,21-23,29H,13-20,24H2,1H3,(H,38,42). The Hall–Kier alpha value is -4.43. The molecule has 4 heterocycles. The molecule has 246 valence electrons. The van der Waals surface area contributed by atoms with E-state index >= 15 is 0 Å². The van der Waals surface area contributed by atoms with E-state index in [4.69, 9.17) is 9.47 Å². The Morgan fingerprint density at radius 1 is 0.979 bits per heavy atom. The van der Waals surface area contributed by atoms with Crippen LogP contribution in [0.3, 0.4) is 0 Å². The molecule has 2 aromatic heterocycles. The summed E-state index contributed by atoms with van der Waals surface area (Å²) in [4.78, 5) is 26.3. The average Bonchev–Trinajstić information content (AvgIpc) is 3.08. The molecule has 1 N–H and O–H groups in total. The molecule has 2 aliphatic rings. The Kier molecular flexibility index (Phi) is 10.1. The summed E-state index contributed by atoms with van der Waals surface area (Å²) in [5.74, 6) is 0.485. The van der Waals surface area contributed by atoms with Gasteiger partial charge in [0.15, 0.2) is 0 Å². The molecule has 0 atom stereocenters. The number of benzene rings is 2. The molecular weight excluding hydrogens is 623 g/mol. The minimum atomic E-state index is -3.58. The van der Waals surface area contributed by atoms with Crippen molar-refractivity contribution in [3.63, 3.8) is 0 Å². The van der Waals surface area contributed by atoms with Crippen LogP contribution in [0.1, 0.15) is 24.1 Å². The molecule has 2 saturated heterocycles. The van der Waals surface area contributed by atoms with E-state index in [2.05, 4.69) is 20.2 Å². The van der Waals surface area contributed by atoms with Gasteiger partial charge < -0.3 is 14.8 Å². The number of aryl methyl sites for hydroxylation is 1. The number of ether oxygens (including phenoxy) is 2. The third-order valence-electron chi connectivity index (χ3n) is 8.25. The van der Waals surface area contributed by atoms with Gasteiger partial charge in [-0.05, 0) is 79.9 Å². The number of hydrogen-bond donors (Lipinski definition) is 1. The Bertz CT molecular complexity index is 1760. The van der Waals surface area contributed by atoms with Crippen LogP contribution in [0.5, 0.6) is 11.6 Å². The smallest absolute Gasteiger partial charge is 0.326 e. The molecule has 0 saturated carbocycles. The second kappa shape index (κ2) is 14.6. The number of amides is 2. The van der Waals surface area contributed by atoms with Gasteiger partial charge in [0.25, 0.3) is 0 Å². The Balaban J connectivity index is 1.04. The Labute approximate surface area is 274 Å². The molecular formula is C34H37FN6O5S. The predicted molar refractivity (Wildman–Crippen MR) is 176 cm³/mol. The number of sulfonamides is 1. The Morgan fingerprint density at radius 2 is 1.74 bits per heavy atom. The van der Waals surface area contributed by atoms with Crippen molar-refractivity contribution in [3.8, 4) is 11.6 Å². The van der Waals surface area contributed by atoms with Crippen LogP contribution < -0.4 is 15.0 Å². The average molecular weight is 661 g/mol. The van der Waals surface area contributed by atoms with Crippen molar-refractivity contribution in [3.05, 3.63) is 102 Å². The largest absolute Gasteiger partial charge is 0.439 e. The maximum atomic E-state index is 14.2. The molecule has 4 aromatic rings. The Morgan fingerprint density at radius 3 is 2.40 bits per heavy atom. The molecule has 11 nitrogen and oxygen atoms in total. The van der Waals surface area contributed by atoms with Crippen LogP contribution in [0.15, 0.2) is 90.1 Å². The summed E-state index contributed by atoms with van der Waals surface area (Å²) in [5, 5.41) is 2.92. The first-order valence-electron chi connectivity index (χ1n) is 15.6. The van der Waals surface area contributed by atoms with Gasteiger partial charge in [0.2, 0.25) is 15.9 Å². The SMILES string of the molecule is Cc1ccc(NC(=O)N(c2cccc(F)c2)C2CCN(Cc3ccc(Oc4ccc(S(=O)(=O)N5CCOCC5)cc4)nc3)CC2)cn1. The number of hydrogen-bond acceptors (Lipinski definition) is 8. The third kappa shape index (κ3) is 8.11. The number of nitrogens with zero attached hydrogens (tertiary/aromatic N) is 5. The zero-order valence-electron chi connectivity index (χ0n) is 26.1. The quantitative estimate of drug-likeness (QED) is 0.252. The van der Waals surface area contributed by atoms with Crippen LogP contribution in [0.2, 0.25) is 0 Å². The minimum Gasteiger partial charge on any atom is -0.439 e. The lowest BCUT2D eigenvalue weighted by Gasteiger charge is -2.38. The molecule has 0 bridgehead atoms. The van der Waals surface area contributed by atoms with E-state index in [-0.39, 0.29) is 17.0 Å². The van der Waals surface area contributed by atoms with E-state index in [1.807, 2.05) is 19.1 Å². The highest BCUT2D eigenvalue weighted by atomic mass is 32.2. The summed E-state index contributed by atoms with van der Waals surface area (Å²) in [6.07, 6.45) is 4.80. The van der Waals surface area contributed by atoms with E-state index in [1.54, 1.807) is 53.7 Å². The van der Waals surface area contributed by atoms with Gasteiger partial charge in [0.05, 0.1) is 30.0 Å². The van der Waals surface area contributed by atoms with Crippen LogP contribution in [0, 0.1) is 12.7 Å². The van der Waals surface area contributed by atoms with Crippen molar-refractivity contribution in [1.29, 1.82) is 0 Å². The number of nitrogens with one attached hydrogen (secondary N) is 1. The van der Waals surface area contributed by atoms with Gasteiger partial charge in [0, 0.05) is 62.4 Å². The van der Waals surface area contributed by atoms with E-state index in [0.717, 1.165) is 24.3 Å². The van der Waals surface area contributed by atoms with Crippen LogP contribution in [-0.4, -0.2) is 79.1 Å². The van der Waals surface area contributed by atoms with Gasteiger partial charge in [-0.15, -0.1) is 0 Å². The number of likely N-dealkylation sites (tertiary alicyclic amines) is 1. The summed E-state index contributed by atoms with van der Waals surface area (Å²) in [6, 6.07) is 19.4. The summed E-state index contributed by atoms with van der Waals surface area (Å²) in [5.41, 5.74) is 2.94. The van der Waals surface area contributed by atoms with Gasteiger partial charge >= 0.3 is 6.03 Å². The second-order valence-corrected chi connectivity index (χ2v) is 13.5. The van der Waals surface area contributed by atoms with E-state index in [0.29, 0.717) is 68.7 Å². The topological polar surface area (TPSA) is 117 Å². The third-order valence-corrected chi connectivity index (χ3v) is 10.2. The first kappa shape index (κ1) is 32.5. The number of urea groups is 1. The highest BCUT2D eigenvalue weighted by Crippen LogP contribution is 2.28. The number of piperidine rings is 1. The van der Waals surface area contributed by atoms with Crippen LogP contribution in [0.25, 0.3) is 0 Å². The van der Waals surface area contributed by atoms with Crippen LogP contribution in [-0.2, 0) is 21.3 Å². The van der Waals surface area contributed by atoms with Gasteiger partial charge in [-0.1, -0.05) is 12.1 Å². The van der Waals surface area contributed by atoms with Crippen LogP contribution >= 0.6 is 0 Å². The van der Waals surface area contributed by atoms with Crippen molar-refractivity contribution in [1.82, 2.24) is 19.2 Å². The summed E-state index contributed by atoms with van der Waals surface area (Å²) >= 11 is 0. The molecule has 0 radical (unpaired) electrons. The first-order chi connectivity index (χ1) is 22.7. The lowest BCUT2D eigenvalue weighted by Crippen LogP contribution is -2.49. The van der Waals surface area contributed by atoms with Gasteiger partial charge in [-0.3, -0.25) is 14.8 Å². The highest BCUT2D eigenvalue weighted by Gasteiger charge is 2.30. The molecule has 47 heavy (non-hydrogen) atoms. The normalized spacial score (nSPS) is 16.5. The monoisotopic (exact) mass is 660 g/mol. The van der Waals surface area contributed by atoms with Gasteiger partial charge in [-0.25, -0.2) is 22.6 Å². The molecule has 2 aromatic carbocycles. The zero-order chi connectivity index (χ0) is 32.8. The summed E-state index contributed by atoms with van der Waals surface area (Å²) in [6.45, 7) is 5.50. The number of carbonyl (C=O) groups is 1. The number of pyridine rings is 2. The number of rotatable bonds is 9. The maximum Gasteiger partial charge on any atom is 0.326 e. The fourth-order valence-electron chi connectivity index (χ4n) is 5.74. The van der Waals surface area contributed by atoms with Crippen molar-refractivity contribution < 1.29 is 27.1 Å². The van der Waals surface area contributed by atoms with E-state index < -0.39 is 15.8 Å². The van der Waals surface area contributed by atoms with Crippen molar-refractivity contribution >= 4 is 27.4 Å². The maximum absolute atomic E-state index is 14.2. The fraction of sp³-hybridized carbons (Fsp3) is 0.324. The number of carbonyl (C=O) groups excluding carboxylic acids is 1. The van der Waals surface area contributed by atoms with Crippen molar-refractivity contribution in [2.75, 3.05) is 49.6 Å². The minimum absolute atomic E-state index is 0.115. The molecule has 2 aliphatic heterocycles. The van der Waals surface area contributed by atoms with E-state index in [9.17, 15) is 17.6 Å². The molecule has 2 fully saturated rings. The number of halogens is 1. The lowest BCUT2D eigenvalue weighted by molar-refractivity contribution is 0.0730. The molecule has 0 spiro atoms. The predicted octanol–water partition coefficient (Wildman–Crippen LogP) is 5.44. The zero-order valence-corrected chi connectivity index (χ0v) is 26.9. The number of aromatic nitrogens is 2. The molecule has 2 amide bonds. The van der Waals surface area contributed by atoms with Gasteiger partial charge in [0.1, 0.15) is 11.6 Å². The fourth-order valence-corrected chi connectivity index (χ4v) is 7.15. The van der Waals surface area contributed by atoms with Crippen molar-refractivity contribution in [2.45, 2.75) is 37.2 Å². The van der Waals surface area contributed by atoms with Crippen LogP contribution in [0.4, 0.5) is 20.6 Å². The number of anilines is 2.